The number of rotatable bonds is 3. The quantitative estimate of drug-likeness (QED) is 0.775. The third kappa shape index (κ3) is 2.86. The topological polar surface area (TPSA) is 58.5 Å². The van der Waals surface area contributed by atoms with Crippen LogP contribution < -0.4 is 0 Å². The van der Waals surface area contributed by atoms with Gasteiger partial charge in [0.05, 0.1) is 40.7 Å². The summed E-state index contributed by atoms with van der Waals surface area (Å²) in [5, 5.41) is 10.7. The fourth-order valence-electron chi connectivity index (χ4n) is 3.16. The van der Waals surface area contributed by atoms with Crippen molar-refractivity contribution in [3.63, 3.8) is 0 Å². The second-order valence-corrected chi connectivity index (χ2v) is 6.63. The average molecular weight is 363 g/mol. The van der Waals surface area contributed by atoms with E-state index >= 15 is 0 Å². The predicted molar refractivity (Wildman–Crippen MR) is 89.7 cm³/mol. The van der Waals surface area contributed by atoms with Gasteiger partial charge in [0.2, 0.25) is 0 Å². The number of hydrogen-bond acceptors (Lipinski definition) is 6. The summed E-state index contributed by atoms with van der Waals surface area (Å²) in [6.07, 6.45) is 1.46. The molecule has 2 aromatic heterocycles. The smallest absolute Gasteiger partial charge is 0.150 e. The molecule has 130 valence electrons. The van der Waals surface area contributed by atoms with Crippen LogP contribution >= 0.6 is 11.3 Å². The largest absolute Gasteiger partial charge is 0.505 e. The number of pyridine rings is 1. The van der Waals surface area contributed by atoms with E-state index in [1.807, 2.05) is 4.90 Å². The summed E-state index contributed by atoms with van der Waals surface area (Å²) in [6.45, 7) is 1.86. The van der Waals surface area contributed by atoms with E-state index in [4.69, 9.17) is 4.74 Å². The number of halogens is 2. The van der Waals surface area contributed by atoms with Crippen LogP contribution in [-0.2, 0) is 4.74 Å². The number of thiazole rings is 1. The first-order valence-corrected chi connectivity index (χ1v) is 8.71. The van der Waals surface area contributed by atoms with E-state index in [2.05, 4.69) is 9.97 Å². The predicted octanol–water partition coefficient (Wildman–Crippen LogP) is 3.10. The molecule has 0 spiro atoms. The molecule has 1 saturated heterocycles. The highest BCUT2D eigenvalue weighted by molar-refractivity contribution is 7.16. The van der Waals surface area contributed by atoms with Crippen LogP contribution in [-0.4, -0.2) is 46.3 Å². The first-order valence-electron chi connectivity index (χ1n) is 7.83. The number of aromatic nitrogens is 2. The Morgan fingerprint density at radius 1 is 1.20 bits per heavy atom. The highest BCUT2D eigenvalue weighted by atomic mass is 32.1. The minimum absolute atomic E-state index is 0.00194. The first-order chi connectivity index (χ1) is 12.2. The zero-order chi connectivity index (χ0) is 17.4. The molecule has 25 heavy (non-hydrogen) atoms. The van der Waals surface area contributed by atoms with Gasteiger partial charge in [0.25, 0.3) is 0 Å². The number of morpholine rings is 1. The summed E-state index contributed by atoms with van der Waals surface area (Å²) >= 11 is 1.24. The minimum Gasteiger partial charge on any atom is -0.505 e. The Bertz CT molecular complexity index is 912. The molecule has 0 radical (unpaired) electrons. The van der Waals surface area contributed by atoms with E-state index in [9.17, 15) is 13.9 Å². The van der Waals surface area contributed by atoms with E-state index in [0.29, 0.717) is 36.5 Å². The van der Waals surface area contributed by atoms with Crippen LogP contribution in [0.1, 0.15) is 17.3 Å². The molecule has 1 N–H and O–H groups in total. The number of fused-ring (bicyclic) bond motifs is 1. The number of nitrogens with zero attached hydrogens (tertiary/aromatic N) is 3. The Morgan fingerprint density at radius 3 is 2.76 bits per heavy atom. The molecule has 3 heterocycles. The molecule has 1 fully saturated rings. The number of phenolic OH excluding ortho intramolecular Hbond substituents is 1. The molecule has 0 bridgehead atoms. The lowest BCUT2D eigenvalue weighted by Gasteiger charge is -2.34. The summed E-state index contributed by atoms with van der Waals surface area (Å²) in [5.41, 5.74) is 1.93. The van der Waals surface area contributed by atoms with E-state index in [1.165, 1.54) is 35.7 Å². The van der Waals surface area contributed by atoms with E-state index in [-0.39, 0.29) is 17.0 Å². The van der Waals surface area contributed by atoms with Crippen molar-refractivity contribution in [3.8, 4) is 5.75 Å². The first kappa shape index (κ1) is 16.3. The summed E-state index contributed by atoms with van der Waals surface area (Å²) in [5.74, 6) is -1.41. The van der Waals surface area contributed by atoms with E-state index in [1.54, 1.807) is 5.51 Å². The van der Waals surface area contributed by atoms with Crippen LogP contribution in [0.25, 0.3) is 10.2 Å². The van der Waals surface area contributed by atoms with Crippen LogP contribution in [0, 0.1) is 11.6 Å². The van der Waals surface area contributed by atoms with Crippen molar-refractivity contribution >= 4 is 21.6 Å². The Morgan fingerprint density at radius 2 is 2.00 bits per heavy atom. The van der Waals surface area contributed by atoms with Gasteiger partial charge in [-0.15, -0.1) is 11.3 Å². The van der Waals surface area contributed by atoms with Gasteiger partial charge in [0, 0.05) is 19.3 Å². The maximum absolute atomic E-state index is 14.9. The maximum atomic E-state index is 14.9. The van der Waals surface area contributed by atoms with Crippen LogP contribution in [0.15, 0.2) is 29.9 Å². The van der Waals surface area contributed by atoms with Crippen LogP contribution in [0.4, 0.5) is 8.78 Å². The number of hydrogen-bond donors (Lipinski definition) is 1. The molecule has 1 unspecified atom stereocenters. The van der Waals surface area contributed by atoms with Gasteiger partial charge < -0.3 is 9.84 Å². The Balaban J connectivity index is 1.93. The molecular formula is C17H15F2N3O2S. The Labute approximate surface area is 146 Å². The number of phenols is 1. The molecule has 0 amide bonds. The lowest BCUT2D eigenvalue weighted by molar-refractivity contribution is 0.0215. The van der Waals surface area contributed by atoms with Crippen LogP contribution in [0.5, 0.6) is 5.75 Å². The molecule has 8 heteroatoms. The van der Waals surface area contributed by atoms with Gasteiger partial charge >= 0.3 is 0 Å². The molecule has 0 saturated carbocycles. The number of benzene rings is 1. The standard InChI is InChI=1S/C17H15F2N3O2S/c18-10-2-1-3-20-14(10)16(22-4-6-24-7-5-22)13-11(19)8-12-15(17(13)23)21-9-25-12/h1-3,8-9,16,23H,4-7H2. The van der Waals surface area contributed by atoms with Crippen molar-refractivity contribution in [1.82, 2.24) is 14.9 Å². The van der Waals surface area contributed by atoms with Crippen molar-refractivity contribution < 1.29 is 18.6 Å². The minimum atomic E-state index is -0.851. The third-order valence-electron chi connectivity index (χ3n) is 4.32. The summed E-state index contributed by atoms with van der Waals surface area (Å²) in [4.78, 5) is 10.1. The molecule has 3 aromatic rings. The van der Waals surface area contributed by atoms with Crippen molar-refractivity contribution in [2.75, 3.05) is 26.3 Å². The normalized spacial score (nSPS) is 17.0. The second kappa shape index (κ2) is 6.62. The van der Waals surface area contributed by atoms with Crippen molar-refractivity contribution in [2.24, 2.45) is 0 Å². The molecular weight excluding hydrogens is 348 g/mol. The third-order valence-corrected chi connectivity index (χ3v) is 5.10. The van der Waals surface area contributed by atoms with E-state index in [0.717, 1.165) is 0 Å². The number of ether oxygens (including phenoxy) is 1. The zero-order valence-electron chi connectivity index (χ0n) is 13.2. The lowest BCUT2D eigenvalue weighted by atomic mass is 9.98. The fourth-order valence-corrected chi connectivity index (χ4v) is 3.86. The van der Waals surface area contributed by atoms with Gasteiger partial charge in [0.1, 0.15) is 17.2 Å². The fraction of sp³-hybridized carbons (Fsp3) is 0.294. The van der Waals surface area contributed by atoms with Gasteiger partial charge in [-0.2, -0.15) is 0 Å². The van der Waals surface area contributed by atoms with Crippen LogP contribution in [0.2, 0.25) is 0 Å². The van der Waals surface area contributed by atoms with Gasteiger partial charge in [0.15, 0.2) is 5.75 Å². The molecule has 1 aliphatic rings. The van der Waals surface area contributed by atoms with Crippen molar-refractivity contribution in [2.45, 2.75) is 6.04 Å². The van der Waals surface area contributed by atoms with E-state index < -0.39 is 17.7 Å². The molecule has 4 rings (SSSR count). The summed E-state index contributed by atoms with van der Waals surface area (Å²) in [6, 6.07) is 3.24. The monoisotopic (exact) mass is 363 g/mol. The summed E-state index contributed by atoms with van der Waals surface area (Å²) < 4.78 is 35.2. The molecule has 1 atom stereocenters. The van der Waals surface area contributed by atoms with Gasteiger partial charge in [-0.1, -0.05) is 0 Å². The highest BCUT2D eigenvalue weighted by Gasteiger charge is 2.33. The van der Waals surface area contributed by atoms with Gasteiger partial charge in [-0.05, 0) is 18.2 Å². The highest BCUT2D eigenvalue weighted by Crippen LogP contribution is 2.41. The van der Waals surface area contributed by atoms with Crippen LogP contribution in [0.3, 0.4) is 0 Å². The SMILES string of the molecule is Oc1c(C(c2ncccc2F)N2CCOCC2)c(F)cc2scnc12. The molecule has 1 aromatic carbocycles. The Hall–Kier alpha value is -2.16. The van der Waals surface area contributed by atoms with Crippen molar-refractivity contribution in [3.05, 3.63) is 52.8 Å². The molecule has 0 aliphatic carbocycles. The van der Waals surface area contributed by atoms with Crippen molar-refractivity contribution in [1.29, 1.82) is 0 Å². The van der Waals surface area contributed by atoms with Gasteiger partial charge in [-0.3, -0.25) is 9.88 Å². The summed E-state index contributed by atoms with van der Waals surface area (Å²) in [7, 11) is 0. The van der Waals surface area contributed by atoms with Gasteiger partial charge in [-0.25, -0.2) is 13.8 Å². The zero-order valence-corrected chi connectivity index (χ0v) is 14.0. The average Bonchev–Trinajstić information content (AvgIpc) is 3.09. The maximum Gasteiger partial charge on any atom is 0.150 e. The lowest BCUT2D eigenvalue weighted by Crippen LogP contribution is -2.40. The second-order valence-electron chi connectivity index (χ2n) is 5.74. The molecule has 5 nitrogen and oxygen atoms in total. The Kier molecular flexibility index (Phi) is 4.32. The number of aromatic hydroxyl groups is 1. The molecule has 1 aliphatic heterocycles.